The number of hydrogen-bond donors (Lipinski definition) is 1. The van der Waals surface area contributed by atoms with Gasteiger partial charge in [-0.1, -0.05) is 53.7 Å². The first-order chi connectivity index (χ1) is 9.33. The highest BCUT2D eigenvalue weighted by molar-refractivity contribution is 7.99. The van der Waals surface area contributed by atoms with Crippen LogP contribution in [0.25, 0.3) is 11.3 Å². The molecule has 19 heavy (non-hydrogen) atoms. The second-order valence-electron chi connectivity index (χ2n) is 4.14. The molecule has 0 saturated carbocycles. The van der Waals surface area contributed by atoms with E-state index in [-0.39, 0.29) is 0 Å². The summed E-state index contributed by atoms with van der Waals surface area (Å²) in [6, 6.07) is 20.3. The SMILES string of the molecule is Clc1ccc(-c2[nH]ccc2Sc2ccccc2)cc1. The van der Waals surface area contributed by atoms with Crippen LogP contribution in [0.2, 0.25) is 5.02 Å². The Morgan fingerprint density at radius 3 is 2.32 bits per heavy atom. The zero-order chi connectivity index (χ0) is 13.1. The van der Waals surface area contributed by atoms with Crippen molar-refractivity contribution < 1.29 is 0 Å². The van der Waals surface area contributed by atoms with E-state index in [0.717, 1.165) is 16.3 Å². The maximum Gasteiger partial charge on any atom is 0.0595 e. The van der Waals surface area contributed by atoms with E-state index in [4.69, 9.17) is 11.6 Å². The number of aromatic nitrogens is 1. The summed E-state index contributed by atoms with van der Waals surface area (Å²) in [5.74, 6) is 0. The predicted molar refractivity (Wildman–Crippen MR) is 81.8 cm³/mol. The van der Waals surface area contributed by atoms with Gasteiger partial charge in [0.2, 0.25) is 0 Å². The first kappa shape index (κ1) is 12.4. The average Bonchev–Trinajstić information content (AvgIpc) is 2.89. The summed E-state index contributed by atoms with van der Waals surface area (Å²) < 4.78 is 0. The van der Waals surface area contributed by atoms with Crippen LogP contribution in [0.1, 0.15) is 0 Å². The Balaban J connectivity index is 1.92. The Bertz CT molecular complexity index is 659. The maximum atomic E-state index is 5.93. The van der Waals surface area contributed by atoms with Crippen molar-refractivity contribution in [2.75, 3.05) is 0 Å². The lowest BCUT2D eigenvalue weighted by Gasteiger charge is -2.04. The van der Waals surface area contributed by atoms with E-state index in [1.807, 2.05) is 36.5 Å². The van der Waals surface area contributed by atoms with Gasteiger partial charge in [0.15, 0.2) is 0 Å². The molecule has 0 saturated heterocycles. The molecule has 0 radical (unpaired) electrons. The van der Waals surface area contributed by atoms with E-state index in [2.05, 4.69) is 35.3 Å². The van der Waals surface area contributed by atoms with Crippen LogP contribution in [0, 0.1) is 0 Å². The van der Waals surface area contributed by atoms with Crippen LogP contribution in [-0.4, -0.2) is 4.98 Å². The van der Waals surface area contributed by atoms with Gasteiger partial charge in [-0.15, -0.1) is 0 Å². The highest BCUT2D eigenvalue weighted by atomic mass is 35.5. The Labute approximate surface area is 121 Å². The molecular weight excluding hydrogens is 274 g/mol. The Morgan fingerprint density at radius 2 is 1.58 bits per heavy atom. The molecule has 1 heterocycles. The van der Waals surface area contributed by atoms with Crippen LogP contribution < -0.4 is 0 Å². The van der Waals surface area contributed by atoms with Crippen molar-refractivity contribution in [3.63, 3.8) is 0 Å². The van der Waals surface area contributed by atoms with Crippen molar-refractivity contribution in [3.05, 3.63) is 71.9 Å². The van der Waals surface area contributed by atoms with Gasteiger partial charge in [0.1, 0.15) is 0 Å². The van der Waals surface area contributed by atoms with Crippen molar-refractivity contribution in [2.45, 2.75) is 9.79 Å². The first-order valence-corrected chi connectivity index (χ1v) is 7.18. The van der Waals surface area contributed by atoms with Crippen molar-refractivity contribution in [3.8, 4) is 11.3 Å². The number of halogens is 1. The molecule has 0 bridgehead atoms. The highest BCUT2D eigenvalue weighted by Gasteiger charge is 2.07. The summed E-state index contributed by atoms with van der Waals surface area (Å²) >= 11 is 7.68. The molecule has 0 spiro atoms. The monoisotopic (exact) mass is 285 g/mol. The summed E-state index contributed by atoms with van der Waals surface area (Å²) in [5.41, 5.74) is 2.28. The predicted octanol–water partition coefficient (Wildman–Crippen LogP) is 5.49. The van der Waals surface area contributed by atoms with Gasteiger partial charge in [-0.2, -0.15) is 0 Å². The van der Waals surface area contributed by atoms with Crippen LogP contribution >= 0.6 is 23.4 Å². The molecule has 1 N–H and O–H groups in total. The van der Waals surface area contributed by atoms with E-state index in [9.17, 15) is 0 Å². The molecular formula is C16H12ClNS. The summed E-state index contributed by atoms with van der Waals surface area (Å²) in [5, 5.41) is 0.757. The topological polar surface area (TPSA) is 15.8 Å². The number of benzene rings is 2. The molecule has 94 valence electrons. The molecule has 3 aromatic rings. The van der Waals surface area contributed by atoms with Crippen LogP contribution in [-0.2, 0) is 0 Å². The highest BCUT2D eigenvalue weighted by Crippen LogP contribution is 2.35. The van der Waals surface area contributed by atoms with Gasteiger partial charge in [0.05, 0.1) is 5.69 Å². The molecule has 3 rings (SSSR count). The standard InChI is InChI=1S/C16H12ClNS/c17-13-8-6-12(7-9-13)16-15(10-11-18-16)19-14-4-2-1-3-5-14/h1-11,18H. The minimum absolute atomic E-state index is 0.757. The molecule has 0 aliphatic rings. The minimum atomic E-state index is 0.757. The second-order valence-corrected chi connectivity index (χ2v) is 5.69. The van der Waals surface area contributed by atoms with E-state index >= 15 is 0 Å². The Kier molecular flexibility index (Phi) is 3.62. The van der Waals surface area contributed by atoms with Crippen LogP contribution in [0.15, 0.2) is 76.7 Å². The van der Waals surface area contributed by atoms with Crippen LogP contribution in [0.5, 0.6) is 0 Å². The molecule has 1 nitrogen and oxygen atoms in total. The normalized spacial score (nSPS) is 10.6. The van der Waals surface area contributed by atoms with Crippen molar-refractivity contribution in [1.82, 2.24) is 4.98 Å². The fraction of sp³-hybridized carbons (Fsp3) is 0. The number of H-pyrrole nitrogens is 1. The van der Waals surface area contributed by atoms with Crippen molar-refractivity contribution in [1.29, 1.82) is 0 Å². The van der Waals surface area contributed by atoms with Gasteiger partial charge in [0, 0.05) is 21.0 Å². The minimum Gasteiger partial charge on any atom is -0.360 e. The third-order valence-corrected chi connectivity index (χ3v) is 4.13. The van der Waals surface area contributed by atoms with Crippen LogP contribution in [0.3, 0.4) is 0 Å². The summed E-state index contributed by atoms with van der Waals surface area (Å²) in [6.45, 7) is 0. The number of nitrogens with one attached hydrogen (secondary N) is 1. The number of aromatic amines is 1. The maximum absolute atomic E-state index is 5.93. The third kappa shape index (κ3) is 2.86. The van der Waals surface area contributed by atoms with Crippen LogP contribution in [0.4, 0.5) is 0 Å². The fourth-order valence-electron chi connectivity index (χ4n) is 1.90. The van der Waals surface area contributed by atoms with Gasteiger partial charge >= 0.3 is 0 Å². The summed E-state index contributed by atoms with van der Waals surface area (Å²) in [4.78, 5) is 5.75. The molecule has 0 fully saturated rings. The summed E-state index contributed by atoms with van der Waals surface area (Å²) in [6.07, 6.45) is 1.97. The van der Waals surface area contributed by atoms with Gasteiger partial charge in [-0.05, 0) is 35.9 Å². The third-order valence-electron chi connectivity index (χ3n) is 2.81. The molecule has 3 heteroatoms. The van der Waals surface area contributed by atoms with E-state index in [1.165, 1.54) is 9.79 Å². The fourth-order valence-corrected chi connectivity index (χ4v) is 2.99. The van der Waals surface area contributed by atoms with Gasteiger partial charge in [-0.25, -0.2) is 0 Å². The quantitative estimate of drug-likeness (QED) is 0.673. The lowest BCUT2D eigenvalue weighted by Crippen LogP contribution is -1.80. The molecule has 0 amide bonds. The van der Waals surface area contributed by atoms with Gasteiger partial charge in [-0.3, -0.25) is 0 Å². The Morgan fingerprint density at radius 1 is 0.842 bits per heavy atom. The first-order valence-electron chi connectivity index (χ1n) is 5.99. The molecule has 0 aliphatic heterocycles. The van der Waals surface area contributed by atoms with E-state index in [1.54, 1.807) is 11.8 Å². The Hall–Kier alpha value is -1.64. The van der Waals surface area contributed by atoms with Crippen molar-refractivity contribution in [2.24, 2.45) is 0 Å². The molecule has 0 aliphatic carbocycles. The van der Waals surface area contributed by atoms with Crippen molar-refractivity contribution >= 4 is 23.4 Å². The molecule has 0 unspecified atom stereocenters. The zero-order valence-corrected chi connectivity index (χ0v) is 11.7. The van der Waals surface area contributed by atoms with E-state index in [0.29, 0.717) is 0 Å². The summed E-state index contributed by atoms with van der Waals surface area (Å²) in [7, 11) is 0. The molecule has 0 atom stereocenters. The smallest absolute Gasteiger partial charge is 0.0595 e. The molecule has 1 aromatic heterocycles. The van der Waals surface area contributed by atoms with E-state index < -0.39 is 0 Å². The number of rotatable bonds is 3. The number of hydrogen-bond acceptors (Lipinski definition) is 1. The lowest BCUT2D eigenvalue weighted by atomic mass is 10.2. The lowest BCUT2D eigenvalue weighted by molar-refractivity contribution is 1.36. The largest absolute Gasteiger partial charge is 0.360 e. The zero-order valence-electron chi connectivity index (χ0n) is 10.1. The molecule has 2 aromatic carbocycles. The second kappa shape index (κ2) is 5.55. The van der Waals surface area contributed by atoms with Gasteiger partial charge < -0.3 is 4.98 Å². The average molecular weight is 286 g/mol. The van der Waals surface area contributed by atoms with Gasteiger partial charge in [0.25, 0.3) is 0 Å².